The van der Waals surface area contributed by atoms with Gasteiger partial charge in [-0.15, -0.1) is 11.3 Å². The summed E-state index contributed by atoms with van der Waals surface area (Å²) in [5, 5.41) is 18.0. The smallest absolute Gasteiger partial charge is 0.319 e. The van der Waals surface area contributed by atoms with Gasteiger partial charge in [-0.05, 0) is 42.9 Å². The van der Waals surface area contributed by atoms with Crippen molar-refractivity contribution in [1.29, 1.82) is 0 Å². The summed E-state index contributed by atoms with van der Waals surface area (Å²) in [6.07, 6.45) is 2.65. The molecule has 1 aromatic heterocycles. The molecule has 1 heterocycles. The molecule has 0 saturated carbocycles. The molecule has 0 aromatic carbocycles. The lowest BCUT2D eigenvalue weighted by atomic mass is 10.0. The van der Waals surface area contributed by atoms with Crippen LogP contribution in [0.15, 0.2) is 17.5 Å². The third-order valence-corrected chi connectivity index (χ3v) is 3.63. The van der Waals surface area contributed by atoms with Crippen molar-refractivity contribution in [2.24, 2.45) is 0 Å². The molecule has 1 aromatic rings. The Morgan fingerprint density at radius 3 is 3.00 bits per heavy atom. The summed E-state index contributed by atoms with van der Waals surface area (Å²) >= 11 is 3.14. The monoisotopic (exact) mass is 274 g/mol. The molecule has 1 atom stereocenters. The number of nitrogens with one attached hydrogen (secondary N) is 2. The van der Waals surface area contributed by atoms with Crippen LogP contribution in [-0.4, -0.2) is 35.3 Å². The highest BCUT2D eigenvalue weighted by Gasteiger charge is 2.20. The first-order valence-corrected chi connectivity index (χ1v) is 7.60. The number of carbonyl (C=O) groups excluding carboxylic acids is 1. The number of aliphatic hydroxyl groups is 1. The van der Waals surface area contributed by atoms with Crippen LogP contribution in [0.25, 0.3) is 0 Å². The van der Waals surface area contributed by atoms with E-state index in [0.717, 1.165) is 10.8 Å². The zero-order valence-corrected chi connectivity index (χ0v) is 11.7. The van der Waals surface area contributed by atoms with E-state index in [2.05, 4.69) is 10.6 Å². The fourth-order valence-electron chi connectivity index (χ4n) is 1.19. The number of amides is 2. The normalized spacial score (nSPS) is 14.1. The predicted molar refractivity (Wildman–Crippen MR) is 75.0 cm³/mol. The molecule has 0 radical (unpaired) electrons. The van der Waals surface area contributed by atoms with Gasteiger partial charge in [0.1, 0.15) is 0 Å². The quantitative estimate of drug-likeness (QED) is 0.746. The van der Waals surface area contributed by atoms with Crippen molar-refractivity contribution >= 4 is 34.1 Å². The Morgan fingerprint density at radius 1 is 1.65 bits per heavy atom. The van der Waals surface area contributed by atoms with Gasteiger partial charge in [-0.3, -0.25) is 5.32 Å². The van der Waals surface area contributed by atoms with Crippen molar-refractivity contribution < 1.29 is 9.90 Å². The molecule has 0 fully saturated rings. The van der Waals surface area contributed by atoms with E-state index >= 15 is 0 Å². The number of rotatable bonds is 6. The Bertz CT molecular complexity index is 339. The molecule has 0 bridgehead atoms. The zero-order chi connectivity index (χ0) is 12.7. The second kappa shape index (κ2) is 6.88. The van der Waals surface area contributed by atoms with Crippen molar-refractivity contribution in [3.63, 3.8) is 0 Å². The number of hydrogen-bond acceptors (Lipinski definition) is 4. The third-order valence-electron chi connectivity index (χ3n) is 2.23. The highest BCUT2D eigenvalue weighted by atomic mass is 32.2. The van der Waals surface area contributed by atoms with E-state index in [1.807, 2.05) is 23.8 Å². The first-order valence-electron chi connectivity index (χ1n) is 5.33. The first kappa shape index (κ1) is 14.3. The Balaban J connectivity index is 2.27. The number of anilines is 1. The van der Waals surface area contributed by atoms with E-state index in [-0.39, 0.29) is 12.6 Å². The van der Waals surface area contributed by atoms with Crippen LogP contribution < -0.4 is 10.6 Å². The average molecular weight is 274 g/mol. The van der Waals surface area contributed by atoms with Crippen molar-refractivity contribution in [3.05, 3.63) is 17.5 Å². The maximum absolute atomic E-state index is 11.5. The van der Waals surface area contributed by atoms with E-state index in [1.165, 1.54) is 11.3 Å². The van der Waals surface area contributed by atoms with Gasteiger partial charge in [-0.2, -0.15) is 11.8 Å². The molecule has 2 amide bonds. The van der Waals surface area contributed by atoms with Crippen molar-refractivity contribution in [2.45, 2.75) is 18.9 Å². The highest BCUT2D eigenvalue weighted by molar-refractivity contribution is 7.98. The van der Waals surface area contributed by atoms with Gasteiger partial charge in [0.05, 0.1) is 10.6 Å². The summed E-state index contributed by atoms with van der Waals surface area (Å²) < 4.78 is 0. The fourth-order valence-corrected chi connectivity index (χ4v) is 2.44. The van der Waals surface area contributed by atoms with Gasteiger partial charge in [0.2, 0.25) is 0 Å². The molecule has 0 aliphatic heterocycles. The van der Waals surface area contributed by atoms with Crippen molar-refractivity contribution in [1.82, 2.24) is 5.32 Å². The molecule has 0 saturated heterocycles. The van der Waals surface area contributed by atoms with Gasteiger partial charge in [0.25, 0.3) is 0 Å². The Labute approximate surface area is 110 Å². The molecule has 0 unspecified atom stereocenters. The van der Waals surface area contributed by atoms with Gasteiger partial charge in [0.15, 0.2) is 0 Å². The Hall–Kier alpha value is -0.720. The molecule has 17 heavy (non-hydrogen) atoms. The number of thiophene rings is 1. The van der Waals surface area contributed by atoms with Crippen LogP contribution in [0.4, 0.5) is 9.80 Å². The van der Waals surface area contributed by atoms with Gasteiger partial charge in [-0.1, -0.05) is 0 Å². The summed E-state index contributed by atoms with van der Waals surface area (Å²) in [6.45, 7) is 1.99. The number of carbonyl (C=O) groups is 1. The van der Waals surface area contributed by atoms with Gasteiger partial charge < -0.3 is 10.4 Å². The molecular weight excluding hydrogens is 256 g/mol. The number of hydrogen-bond donors (Lipinski definition) is 3. The summed E-state index contributed by atoms with van der Waals surface area (Å²) in [7, 11) is 0. The maximum Gasteiger partial charge on any atom is 0.319 e. The topological polar surface area (TPSA) is 61.4 Å². The molecule has 4 nitrogen and oxygen atoms in total. The van der Waals surface area contributed by atoms with Crippen LogP contribution in [0.1, 0.15) is 13.3 Å². The van der Waals surface area contributed by atoms with Crippen LogP contribution in [0.2, 0.25) is 0 Å². The maximum atomic E-state index is 11.5. The van der Waals surface area contributed by atoms with E-state index in [1.54, 1.807) is 18.7 Å². The second-order valence-corrected chi connectivity index (χ2v) is 5.96. The van der Waals surface area contributed by atoms with Gasteiger partial charge in [0, 0.05) is 6.54 Å². The summed E-state index contributed by atoms with van der Waals surface area (Å²) in [5.41, 5.74) is -0.851. The van der Waals surface area contributed by atoms with Gasteiger partial charge in [-0.25, -0.2) is 4.79 Å². The third kappa shape index (κ3) is 5.95. The van der Waals surface area contributed by atoms with E-state index in [0.29, 0.717) is 6.42 Å². The Kier molecular flexibility index (Phi) is 5.80. The molecule has 96 valence electrons. The molecule has 3 N–H and O–H groups in total. The fraction of sp³-hybridized carbons (Fsp3) is 0.545. The predicted octanol–water partition coefficient (Wildman–Crippen LogP) is 2.37. The zero-order valence-electron chi connectivity index (χ0n) is 10.0. The summed E-state index contributed by atoms with van der Waals surface area (Å²) in [5.74, 6) is 0.876. The van der Waals surface area contributed by atoms with Crippen LogP contribution in [-0.2, 0) is 0 Å². The van der Waals surface area contributed by atoms with Crippen LogP contribution in [0.5, 0.6) is 0 Å². The molecule has 0 spiro atoms. The van der Waals surface area contributed by atoms with Crippen molar-refractivity contribution in [2.75, 3.05) is 23.9 Å². The summed E-state index contributed by atoms with van der Waals surface area (Å²) in [4.78, 5) is 11.5. The lowest BCUT2D eigenvalue weighted by molar-refractivity contribution is 0.0599. The minimum absolute atomic E-state index is 0.255. The highest BCUT2D eigenvalue weighted by Crippen LogP contribution is 2.15. The van der Waals surface area contributed by atoms with Crippen molar-refractivity contribution in [3.8, 4) is 0 Å². The Morgan fingerprint density at radius 2 is 2.41 bits per heavy atom. The summed E-state index contributed by atoms with van der Waals surface area (Å²) in [6, 6.07) is 3.42. The lowest BCUT2D eigenvalue weighted by Crippen LogP contribution is -2.42. The van der Waals surface area contributed by atoms with Gasteiger partial charge >= 0.3 is 6.03 Å². The van der Waals surface area contributed by atoms with Crippen LogP contribution in [0, 0.1) is 0 Å². The van der Waals surface area contributed by atoms with E-state index < -0.39 is 5.60 Å². The number of thioether (sulfide) groups is 1. The largest absolute Gasteiger partial charge is 0.388 e. The SMILES string of the molecule is CSCC[C@](C)(O)CNC(=O)Nc1cccs1. The lowest BCUT2D eigenvalue weighted by Gasteiger charge is -2.23. The average Bonchev–Trinajstić information content (AvgIpc) is 2.77. The molecular formula is C11H18N2O2S2. The molecule has 0 aliphatic rings. The van der Waals surface area contributed by atoms with Crippen LogP contribution >= 0.6 is 23.1 Å². The minimum atomic E-state index is -0.851. The number of urea groups is 1. The molecule has 0 aliphatic carbocycles. The second-order valence-electron chi connectivity index (χ2n) is 4.02. The molecule has 6 heteroatoms. The van der Waals surface area contributed by atoms with E-state index in [9.17, 15) is 9.90 Å². The van der Waals surface area contributed by atoms with Crippen LogP contribution in [0.3, 0.4) is 0 Å². The first-order chi connectivity index (χ1) is 8.03. The molecule has 1 rings (SSSR count). The van der Waals surface area contributed by atoms with E-state index in [4.69, 9.17) is 0 Å². The standard InChI is InChI=1S/C11H18N2O2S2/c1-11(15,5-7-16-2)8-12-10(14)13-9-4-3-6-17-9/h3-4,6,15H,5,7-8H2,1-2H3,(H2,12,13,14)/t11-/m0/s1. The minimum Gasteiger partial charge on any atom is -0.388 e.